The van der Waals surface area contributed by atoms with E-state index >= 15 is 0 Å². The maximum atomic E-state index is 13.7. The maximum Gasteiger partial charge on any atom is 0.238 e. The van der Waals surface area contributed by atoms with Crippen molar-refractivity contribution < 1.29 is 18.7 Å². The Bertz CT molecular complexity index is 469. The largest absolute Gasteiger partial charge is 0.494 e. The molecule has 0 spiro atoms. The molecule has 0 aromatic heterocycles. The summed E-state index contributed by atoms with van der Waals surface area (Å²) in [5.41, 5.74) is 0.158. The van der Waals surface area contributed by atoms with Gasteiger partial charge in [-0.3, -0.25) is 4.79 Å². The summed E-state index contributed by atoms with van der Waals surface area (Å²) in [5, 5.41) is 10.7. The van der Waals surface area contributed by atoms with E-state index in [-0.39, 0.29) is 23.6 Å². The highest BCUT2D eigenvalue weighted by atomic mass is 19.1. The minimum atomic E-state index is -0.704. The van der Waals surface area contributed by atoms with E-state index in [1.165, 1.54) is 26.4 Å². The van der Waals surface area contributed by atoms with E-state index < -0.39 is 11.7 Å². The van der Waals surface area contributed by atoms with Gasteiger partial charge in [0.05, 0.1) is 26.0 Å². The summed E-state index contributed by atoms with van der Waals surface area (Å²) in [7, 11) is 2.60. The molecule has 0 saturated carbocycles. The third-order valence-corrected chi connectivity index (χ3v) is 2.00. The van der Waals surface area contributed by atoms with Crippen molar-refractivity contribution in [3.05, 3.63) is 17.9 Å². The minimum absolute atomic E-state index is 0.0140. The summed E-state index contributed by atoms with van der Waals surface area (Å²) in [6.07, 6.45) is -0.309. The van der Waals surface area contributed by atoms with Crippen LogP contribution < -0.4 is 14.8 Å². The van der Waals surface area contributed by atoms with Crippen LogP contribution >= 0.6 is 0 Å². The zero-order valence-corrected chi connectivity index (χ0v) is 9.41. The van der Waals surface area contributed by atoms with Gasteiger partial charge >= 0.3 is 0 Å². The molecule has 0 aliphatic carbocycles. The summed E-state index contributed by atoms with van der Waals surface area (Å²) in [5.74, 6) is -1.35. The van der Waals surface area contributed by atoms with Crippen molar-refractivity contribution in [2.45, 2.75) is 6.42 Å². The SMILES string of the molecule is COc1ccc(NC(=O)CC#N)c(OC)c1F. The molecule has 1 aromatic carbocycles. The number of nitriles is 1. The first kappa shape index (κ1) is 12.8. The molecule has 0 unspecified atom stereocenters. The molecule has 1 amide bonds. The van der Waals surface area contributed by atoms with Gasteiger partial charge in [0.15, 0.2) is 11.5 Å². The van der Waals surface area contributed by atoms with Gasteiger partial charge in [-0.1, -0.05) is 0 Å². The van der Waals surface area contributed by atoms with Crippen LogP contribution in [0.3, 0.4) is 0 Å². The van der Waals surface area contributed by atoms with Gasteiger partial charge in [0.1, 0.15) is 6.42 Å². The lowest BCUT2D eigenvalue weighted by atomic mass is 10.2. The van der Waals surface area contributed by atoms with Crippen LogP contribution in [-0.2, 0) is 4.79 Å². The Hall–Kier alpha value is -2.29. The first-order chi connectivity index (χ1) is 8.13. The van der Waals surface area contributed by atoms with E-state index in [0.717, 1.165) is 0 Å². The summed E-state index contributed by atoms with van der Waals surface area (Å²) in [6.45, 7) is 0. The van der Waals surface area contributed by atoms with Gasteiger partial charge in [-0.2, -0.15) is 9.65 Å². The number of anilines is 1. The Morgan fingerprint density at radius 1 is 1.47 bits per heavy atom. The number of hydrogen-bond donors (Lipinski definition) is 1. The molecule has 0 saturated heterocycles. The molecule has 0 aliphatic heterocycles. The predicted molar refractivity (Wildman–Crippen MR) is 58.4 cm³/mol. The summed E-state index contributed by atoms with van der Waals surface area (Å²) in [6, 6.07) is 4.49. The van der Waals surface area contributed by atoms with Gasteiger partial charge in [0.2, 0.25) is 11.7 Å². The molecule has 0 heterocycles. The fourth-order valence-electron chi connectivity index (χ4n) is 1.26. The topological polar surface area (TPSA) is 71.3 Å². The molecular weight excluding hydrogens is 227 g/mol. The minimum Gasteiger partial charge on any atom is -0.494 e. The predicted octanol–water partition coefficient (Wildman–Crippen LogP) is 1.70. The van der Waals surface area contributed by atoms with Crippen LogP contribution in [0.2, 0.25) is 0 Å². The highest BCUT2D eigenvalue weighted by molar-refractivity contribution is 5.93. The Morgan fingerprint density at radius 3 is 2.71 bits per heavy atom. The number of methoxy groups -OCH3 is 2. The molecule has 6 heteroatoms. The van der Waals surface area contributed by atoms with Crippen molar-refractivity contribution in [3.8, 4) is 17.6 Å². The summed E-state index contributed by atoms with van der Waals surface area (Å²) in [4.78, 5) is 11.2. The average molecular weight is 238 g/mol. The third-order valence-electron chi connectivity index (χ3n) is 2.00. The van der Waals surface area contributed by atoms with Crippen molar-refractivity contribution in [3.63, 3.8) is 0 Å². The Balaban J connectivity index is 3.05. The molecule has 5 nitrogen and oxygen atoms in total. The lowest BCUT2D eigenvalue weighted by Crippen LogP contribution is -2.11. The third kappa shape index (κ3) is 2.84. The first-order valence-corrected chi connectivity index (χ1v) is 4.71. The van der Waals surface area contributed by atoms with Crippen LogP contribution in [0.15, 0.2) is 12.1 Å². The van der Waals surface area contributed by atoms with E-state index in [1.54, 1.807) is 6.07 Å². The molecule has 0 aliphatic rings. The standard InChI is InChI=1S/C11H11FN2O3/c1-16-8-4-3-7(11(17-2)10(8)12)14-9(15)5-6-13/h3-4H,5H2,1-2H3,(H,14,15). The second kappa shape index (κ2) is 5.70. The lowest BCUT2D eigenvalue weighted by molar-refractivity contribution is -0.115. The monoisotopic (exact) mass is 238 g/mol. The number of carbonyl (C=O) groups is 1. The van der Waals surface area contributed by atoms with Crippen LogP contribution in [0.1, 0.15) is 6.42 Å². The normalized spacial score (nSPS) is 9.29. The quantitative estimate of drug-likeness (QED) is 0.866. The van der Waals surface area contributed by atoms with Gasteiger partial charge in [0, 0.05) is 0 Å². The van der Waals surface area contributed by atoms with Crippen LogP contribution in [0.4, 0.5) is 10.1 Å². The highest BCUT2D eigenvalue weighted by Crippen LogP contribution is 2.33. The van der Waals surface area contributed by atoms with Crippen LogP contribution in [0.5, 0.6) is 11.5 Å². The van der Waals surface area contributed by atoms with E-state index in [4.69, 9.17) is 14.7 Å². The van der Waals surface area contributed by atoms with E-state index in [0.29, 0.717) is 0 Å². The van der Waals surface area contributed by atoms with Crippen molar-refractivity contribution in [2.75, 3.05) is 19.5 Å². The van der Waals surface area contributed by atoms with E-state index in [2.05, 4.69) is 5.32 Å². The first-order valence-electron chi connectivity index (χ1n) is 4.71. The molecule has 1 aromatic rings. The number of ether oxygens (including phenoxy) is 2. The van der Waals surface area contributed by atoms with Gasteiger partial charge in [-0.15, -0.1) is 0 Å². The highest BCUT2D eigenvalue weighted by Gasteiger charge is 2.16. The van der Waals surface area contributed by atoms with Crippen LogP contribution in [0.25, 0.3) is 0 Å². The van der Waals surface area contributed by atoms with Crippen molar-refractivity contribution in [1.82, 2.24) is 0 Å². The van der Waals surface area contributed by atoms with E-state index in [9.17, 15) is 9.18 Å². The van der Waals surface area contributed by atoms with Gasteiger partial charge in [-0.05, 0) is 12.1 Å². The van der Waals surface area contributed by atoms with Crippen molar-refractivity contribution in [2.24, 2.45) is 0 Å². The van der Waals surface area contributed by atoms with Crippen LogP contribution in [0, 0.1) is 17.1 Å². The molecule has 1 rings (SSSR count). The smallest absolute Gasteiger partial charge is 0.238 e. The zero-order valence-electron chi connectivity index (χ0n) is 9.41. The Labute approximate surface area is 97.8 Å². The fourth-order valence-corrected chi connectivity index (χ4v) is 1.26. The van der Waals surface area contributed by atoms with Crippen molar-refractivity contribution >= 4 is 11.6 Å². The number of carbonyl (C=O) groups excluding carboxylic acids is 1. The van der Waals surface area contributed by atoms with Crippen LogP contribution in [-0.4, -0.2) is 20.1 Å². The average Bonchev–Trinajstić information content (AvgIpc) is 2.30. The van der Waals surface area contributed by atoms with Gasteiger partial charge in [-0.25, -0.2) is 0 Å². The number of nitrogens with zero attached hydrogens (tertiary/aromatic N) is 1. The Kier molecular flexibility index (Phi) is 4.29. The fraction of sp³-hybridized carbons (Fsp3) is 0.273. The maximum absolute atomic E-state index is 13.7. The Morgan fingerprint density at radius 2 is 2.18 bits per heavy atom. The second-order valence-corrected chi connectivity index (χ2v) is 3.05. The number of hydrogen-bond acceptors (Lipinski definition) is 4. The molecule has 0 bridgehead atoms. The van der Waals surface area contributed by atoms with Crippen molar-refractivity contribution in [1.29, 1.82) is 5.26 Å². The number of amides is 1. The molecule has 0 fully saturated rings. The molecule has 90 valence electrons. The molecule has 0 radical (unpaired) electrons. The lowest BCUT2D eigenvalue weighted by Gasteiger charge is -2.12. The van der Waals surface area contributed by atoms with E-state index in [1.807, 2.05) is 0 Å². The summed E-state index contributed by atoms with van der Waals surface area (Å²) < 4.78 is 23.3. The van der Waals surface area contributed by atoms with Gasteiger partial charge < -0.3 is 14.8 Å². The molecule has 0 atom stereocenters. The number of benzene rings is 1. The number of nitrogens with one attached hydrogen (secondary N) is 1. The number of halogens is 1. The molecular formula is C11H11FN2O3. The summed E-state index contributed by atoms with van der Waals surface area (Å²) >= 11 is 0. The second-order valence-electron chi connectivity index (χ2n) is 3.05. The molecule has 17 heavy (non-hydrogen) atoms. The zero-order chi connectivity index (χ0) is 12.8. The molecule has 1 N–H and O–H groups in total. The van der Waals surface area contributed by atoms with Gasteiger partial charge in [0.25, 0.3) is 0 Å². The number of rotatable bonds is 4.